The van der Waals surface area contributed by atoms with Gasteiger partial charge in [-0.05, 0) is 67.0 Å². The molecule has 0 bridgehead atoms. The molecule has 33 heavy (non-hydrogen) atoms. The first-order valence-corrected chi connectivity index (χ1v) is 12.5. The van der Waals surface area contributed by atoms with Gasteiger partial charge in [0.2, 0.25) is 5.91 Å². The van der Waals surface area contributed by atoms with E-state index in [1.165, 1.54) is 0 Å². The molecule has 6 heteroatoms. The predicted molar refractivity (Wildman–Crippen MR) is 132 cm³/mol. The van der Waals surface area contributed by atoms with E-state index in [1.54, 1.807) is 0 Å². The maximum absolute atomic E-state index is 14.1. The van der Waals surface area contributed by atoms with E-state index in [9.17, 15) is 14.7 Å². The van der Waals surface area contributed by atoms with Gasteiger partial charge in [0, 0.05) is 22.0 Å². The van der Waals surface area contributed by atoms with Crippen molar-refractivity contribution in [1.82, 2.24) is 4.90 Å². The summed E-state index contributed by atoms with van der Waals surface area (Å²) in [6.07, 6.45) is 4.36. The van der Waals surface area contributed by atoms with Crippen LogP contribution in [0.25, 0.3) is 0 Å². The third kappa shape index (κ3) is 5.07. The lowest BCUT2D eigenvalue weighted by molar-refractivity contribution is -0.161. The maximum atomic E-state index is 14.1. The molecule has 0 aromatic heterocycles. The molecule has 1 unspecified atom stereocenters. The quantitative estimate of drug-likeness (QED) is 0.431. The molecule has 0 radical (unpaired) electrons. The van der Waals surface area contributed by atoms with E-state index in [4.69, 9.17) is 23.2 Å². The average molecular weight is 488 g/mol. The molecule has 2 aromatic carbocycles. The van der Waals surface area contributed by atoms with Gasteiger partial charge in [-0.15, -0.1) is 0 Å². The molecule has 4 atom stereocenters. The van der Waals surface area contributed by atoms with Gasteiger partial charge >= 0.3 is 5.97 Å². The minimum Gasteiger partial charge on any atom is -0.481 e. The summed E-state index contributed by atoms with van der Waals surface area (Å²) in [6, 6.07) is 15.4. The number of likely N-dealkylation sites (tertiary alicyclic amines) is 1. The number of amides is 1. The first-order valence-electron chi connectivity index (χ1n) is 11.8. The third-order valence-corrected chi connectivity index (χ3v) is 7.73. The zero-order valence-corrected chi connectivity index (χ0v) is 20.6. The highest BCUT2D eigenvalue weighted by molar-refractivity contribution is 6.30. The topological polar surface area (TPSA) is 57.6 Å². The van der Waals surface area contributed by atoms with Crippen molar-refractivity contribution in [3.63, 3.8) is 0 Å². The molecule has 1 saturated carbocycles. The molecule has 4 nitrogen and oxygen atoms in total. The summed E-state index contributed by atoms with van der Waals surface area (Å²) in [6.45, 7) is 3.97. The number of aliphatic carboxylic acids is 1. The van der Waals surface area contributed by atoms with Crippen molar-refractivity contribution in [1.29, 1.82) is 0 Å². The highest BCUT2D eigenvalue weighted by Gasteiger charge is 2.54. The number of hydrogen-bond acceptors (Lipinski definition) is 2. The van der Waals surface area contributed by atoms with Crippen molar-refractivity contribution in [3.05, 3.63) is 69.7 Å². The van der Waals surface area contributed by atoms with Gasteiger partial charge in [0.05, 0.1) is 17.9 Å². The molecule has 1 amide bonds. The summed E-state index contributed by atoms with van der Waals surface area (Å²) >= 11 is 12.6. The van der Waals surface area contributed by atoms with Crippen molar-refractivity contribution < 1.29 is 14.7 Å². The van der Waals surface area contributed by atoms with Gasteiger partial charge in [-0.25, -0.2) is 0 Å². The number of piperidine rings is 1. The van der Waals surface area contributed by atoms with Gasteiger partial charge in [-0.2, -0.15) is 0 Å². The van der Waals surface area contributed by atoms with Crippen molar-refractivity contribution in [2.24, 2.45) is 11.3 Å². The number of benzene rings is 2. The first-order chi connectivity index (χ1) is 15.7. The van der Waals surface area contributed by atoms with Crippen LogP contribution < -0.4 is 0 Å². The lowest BCUT2D eigenvalue weighted by Crippen LogP contribution is -2.56. The number of hydrogen-bond donors (Lipinski definition) is 1. The average Bonchev–Trinajstić information content (AvgIpc) is 3.59. The molecule has 2 aliphatic rings. The van der Waals surface area contributed by atoms with Crippen molar-refractivity contribution in [2.45, 2.75) is 70.4 Å². The smallest absolute Gasteiger partial charge is 0.304 e. The van der Waals surface area contributed by atoms with E-state index in [1.807, 2.05) is 55.5 Å². The molecule has 0 spiro atoms. The lowest BCUT2D eigenvalue weighted by atomic mass is 9.66. The van der Waals surface area contributed by atoms with Crippen LogP contribution in [0, 0.1) is 11.3 Å². The molecule has 1 saturated heterocycles. The number of nitrogens with zero attached hydrogens (tertiary/aromatic N) is 1. The normalized spacial score (nSPS) is 26.3. The van der Waals surface area contributed by atoms with Crippen LogP contribution >= 0.6 is 23.2 Å². The van der Waals surface area contributed by atoms with Gasteiger partial charge in [-0.1, -0.05) is 67.7 Å². The highest BCUT2D eigenvalue weighted by Crippen LogP contribution is 2.54. The SMILES string of the molecule is CCCC(C1CC1)N1C(=O)[C@@](C)(CC(=O)O)C[C@H](c2cccc(Cl)c2)[C@H]1c1ccc(Cl)cc1. The molecule has 2 aromatic rings. The Balaban J connectivity index is 1.90. The third-order valence-electron chi connectivity index (χ3n) is 7.24. The lowest BCUT2D eigenvalue weighted by Gasteiger charge is -2.52. The Kier molecular flexibility index (Phi) is 7.07. The second kappa shape index (κ2) is 9.68. The standard InChI is InChI=1S/C27H31Cl2NO3/c1-3-5-23(17-8-9-17)30-25(18-10-12-20(28)13-11-18)22(19-6-4-7-21(29)14-19)15-27(2,26(30)33)16-24(31)32/h4,6-7,10-14,17,22-23,25H,3,5,8-9,15-16H2,1-2H3,(H,31,32)/t22-,23?,25-,27-/m1/s1. The second-order valence-corrected chi connectivity index (χ2v) is 10.8. The van der Waals surface area contributed by atoms with Crippen LogP contribution in [0.3, 0.4) is 0 Å². The highest BCUT2D eigenvalue weighted by atomic mass is 35.5. The maximum Gasteiger partial charge on any atom is 0.304 e. The van der Waals surface area contributed by atoms with E-state index < -0.39 is 11.4 Å². The number of carboxylic acids is 1. The first kappa shape index (κ1) is 24.1. The van der Waals surface area contributed by atoms with Crippen LogP contribution in [0.5, 0.6) is 0 Å². The van der Waals surface area contributed by atoms with E-state index >= 15 is 0 Å². The minimum atomic E-state index is -0.984. The van der Waals surface area contributed by atoms with Gasteiger partial charge in [0.15, 0.2) is 0 Å². The Morgan fingerprint density at radius 2 is 1.82 bits per heavy atom. The van der Waals surface area contributed by atoms with E-state index in [0.717, 1.165) is 36.8 Å². The predicted octanol–water partition coefficient (Wildman–Crippen LogP) is 7.11. The van der Waals surface area contributed by atoms with Gasteiger partial charge in [-0.3, -0.25) is 9.59 Å². The minimum absolute atomic E-state index is 0.0477. The Bertz CT molecular complexity index is 1020. The van der Waals surface area contributed by atoms with Crippen LogP contribution in [0.4, 0.5) is 0 Å². The van der Waals surface area contributed by atoms with Crippen LogP contribution in [-0.2, 0) is 9.59 Å². The molecule has 4 rings (SSSR count). The molecular formula is C27H31Cl2NO3. The summed E-state index contributed by atoms with van der Waals surface area (Å²) in [7, 11) is 0. The number of carbonyl (C=O) groups is 2. The van der Waals surface area contributed by atoms with Crippen molar-refractivity contribution in [2.75, 3.05) is 0 Å². The molecule has 1 heterocycles. The molecule has 176 valence electrons. The van der Waals surface area contributed by atoms with Gasteiger partial charge < -0.3 is 10.0 Å². The fourth-order valence-electron chi connectivity index (χ4n) is 5.62. The number of rotatable bonds is 8. The number of carbonyl (C=O) groups excluding carboxylic acids is 1. The van der Waals surface area contributed by atoms with Crippen LogP contribution in [0.1, 0.15) is 75.5 Å². The van der Waals surface area contributed by atoms with E-state index in [0.29, 0.717) is 22.4 Å². The Morgan fingerprint density at radius 3 is 2.39 bits per heavy atom. The fraction of sp³-hybridized carbons (Fsp3) is 0.481. The second-order valence-electron chi connectivity index (χ2n) is 9.90. The zero-order valence-electron chi connectivity index (χ0n) is 19.1. The Hall–Kier alpha value is -2.04. The van der Waals surface area contributed by atoms with Gasteiger partial charge in [0.1, 0.15) is 0 Å². The fourth-order valence-corrected chi connectivity index (χ4v) is 5.95. The Labute approximate surface area is 205 Å². The zero-order chi connectivity index (χ0) is 23.8. The van der Waals surface area contributed by atoms with Gasteiger partial charge in [0.25, 0.3) is 0 Å². The number of halogens is 2. The summed E-state index contributed by atoms with van der Waals surface area (Å²) in [5, 5.41) is 11.0. The Morgan fingerprint density at radius 1 is 1.12 bits per heavy atom. The van der Waals surface area contributed by atoms with E-state index in [2.05, 4.69) is 11.8 Å². The van der Waals surface area contributed by atoms with Crippen LogP contribution in [0.15, 0.2) is 48.5 Å². The summed E-state index contributed by atoms with van der Waals surface area (Å²) < 4.78 is 0. The molecule has 1 aliphatic heterocycles. The van der Waals surface area contributed by atoms with Crippen LogP contribution in [0.2, 0.25) is 10.0 Å². The molecular weight excluding hydrogens is 457 g/mol. The summed E-state index contributed by atoms with van der Waals surface area (Å²) in [5.41, 5.74) is 1.07. The van der Waals surface area contributed by atoms with Crippen LogP contribution in [-0.4, -0.2) is 27.9 Å². The number of carboxylic acid groups (broad SMARTS) is 1. The van der Waals surface area contributed by atoms with E-state index in [-0.39, 0.29) is 30.3 Å². The molecule has 1 aliphatic carbocycles. The molecule has 2 fully saturated rings. The van der Waals surface area contributed by atoms with Crippen molar-refractivity contribution in [3.8, 4) is 0 Å². The summed E-state index contributed by atoms with van der Waals surface area (Å²) in [4.78, 5) is 28.0. The largest absolute Gasteiger partial charge is 0.481 e. The molecule has 1 N–H and O–H groups in total. The van der Waals surface area contributed by atoms with Crippen molar-refractivity contribution >= 4 is 35.1 Å². The monoisotopic (exact) mass is 487 g/mol. The summed E-state index contributed by atoms with van der Waals surface area (Å²) in [5.74, 6) is -0.603.